The number of thiophene rings is 1. The number of fused-ring (bicyclic) bond motifs is 3. The van der Waals surface area contributed by atoms with Crippen LogP contribution in [0.3, 0.4) is 0 Å². The molecule has 0 unspecified atom stereocenters. The smallest absolute Gasteiger partial charge is 0.357 e. The van der Waals surface area contributed by atoms with E-state index in [0.29, 0.717) is 47.6 Å². The van der Waals surface area contributed by atoms with E-state index >= 15 is 0 Å². The molecule has 3 heterocycles. The first-order valence-electron chi connectivity index (χ1n) is 13.7. The molecule has 9 nitrogen and oxygen atoms in total. The molecule has 1 aliphatic heterocycles. The van der Waals surface area contributed by atoms with Gasteiger partial charge in [-0.1, -0.05) is 19.1 Å². The molecule has 5 rings (SSSR count). The predicted octanol–water partition coefficient (Wildman–Crippen LogP) is 5.44. The number of hydrogen-bond acceptors (Lipinski definition) is 8. The van der Waals surface area contributed by atoms with Gasteiger partial charge >= 0.3 is 5.97 Å². The number of hydrogen-bond donors (Lipinski definition) is 3. The highest BCUT2D eigenvalue weighted by Gasteiger charge is 2.28. The largest absolute Gasteiger partial charge is 0.490 e. The summed E-state index contributed by atoms with van der Waals surface area (Å²) in [6.07, 6.45) is 1.35. The second-order valence-electron chi connectivity index (χ2n) is 10.00. The Morgan fingerprint density at radius 2 is 1.83 bits per heavy atom. The molecule has 0 radical (unpaired) electrons. The lowest BCUT2D eigenvalue weighted by Crippen LogP contribution is -2.26. The van der Waals surface area contributed by atoms with E-state index in [4.69, 9.17) is 15.2 Å². The van der Waals surface area contributed by atoms with E-state index in [1.54, 1.807) is 41.7 Å². The van der Waals surface area contributed by atoms with Gasteiger partial charge in [0.1, 0.15) is 17.5 Å². The molecule has 216 valence electrons. The standard InChI is InChI=1S/C32H32N4O5S/c1-4-12-34-31(38)26-10-9-22(28(36-26)32(39)40-3)23-16-27-25(29-20(11-13-42-29)14-18(2)41-27)15-24(23)30(37)35-21-7-5-19(17-33)6-8-21/h5-11,13,15-16,18H,4,12,14,17,33H2,1-3H3,(H,34,38)(H,35,37)/t18-/m1/s1. The number of nitrogens with two attached hydrogens (primary N) is 1. The number of benzene rings is 2. The van der Waals surface area contributed by atoms with Crippen LogP contribution in [0.1, 0.15) is 62.7 Å². The number of amides is 2. The summed E-state index contributed by atoms with van der Waals surface area (Å²) in [7, 11) is 1.25. The Kier molecular flexibility index (Phi) is 8.65. The van der Waals surface area contributed by atoms with Gasteiger partial charge in [-0.05, 0) is 72.3 Å². The van der Waals surface area contributed by atoms with Crippen LogP contribution in [0.25, 0.3) is 21.6 Å². The zero-order valence-electron chi connectivity index (χ0n) is 23.7. The van der Waals surface area contributed by atoms with Crippen LogP contribution in [0.15, 0.2) is 60.0 Å². The molecule has 0 aliphatic carbocycles. The van der Waals surface area contributed by atoms with Crippen molar-refractivity contribution in [2.45, 2.75) is 39.3 Å². The quantitative estimate of drug-likeness (QED) is 0.235. The first kappa shape index (κ1) is 29.0. The van der Waals surface area contributed by atoms with Crippen molar-refractivity contribution in [3.8, 4) is 27.3 Å². The van der Waals surface area contributed by atoms with E-state index in [2.05, 4.69) is 21.7 Å². The molecule has 1 aliphatic rings. The fraction of sp³-hybridized carbons (Fsp3) is 0.250. The topological polar surface area (TPSA) is 133 Å². The Morgan fingerprint density at radius 1 is 1.05 bits per heavy atom. The summed E-state index contributed by atoms with van der Waals surface area (Å²) in [5, 5.41) is 7.77. The molecule has 0 bridgehead atoms. The maximum absolute atomic E-state index is 13.9. The highest BCUT2D eigenvalue weighted by Crippen LogP contribution is 2.44. The minimum absolute atomic E-state index is 0.0708. The third-order valence-corrected chi connectivity index (χ3v) is 7.96. The van der Waals surface area contributed by atoms with Crippen molar-refractivity contribution < 1.29 is 23.9 Å². The van der Waals surface area contributed by atoms with Gasteiger partial charge in [0.25, 0.3) is 11.8 Å². The van der Waals surface area contributed by atoms with E-state index in [1.807, 2.05) is 31.4 Å². The van der Waals surface area contributed by atoms with Gasteiger partial charge in [0.15, 0.2) is 5.69 Å². The number of carbonyl (C=O) groups is 3. The number of aromatic nitrogens is 1. The molecule has 2 aromatic carbocycles. The fourth-order valence-electron chi connectivity index (χ4n) is 4.87. The molecule has 42 heavy (non-hydrogen) atoms. The lowest BCUT2D eigenvalue weighted by molar-refractivity contribution is 0.0594. The molecule has 2 amide bonds. The second kappa shape index (κ2) is 12.5. The zero-order valence-corrected chi connectivity index (χ0v) is 24.5. The van der Waals surface area contributed by atoms with Crippen molar-refractivity contribution in [1.82, 2.24) is 10.3 Å². The van der Waals surface area contributed by atoms with Gasteiger partial charge in [-0.25, -0.2) is 9.78 Å². The minimum Gasteiger partial charge on any atom is -0.490 e. The number of ether oxygens (including phenoxy) is 2. The number of nitrogens with one attached hydrogen (secondary N) is 2. The van der Waals surface area contributed by atoms with Crippen molar-refractivity contribution in [2.75, 3.05) is 19.0 Å². The normalized spacial score (nSPS) is 13.7. The van der Waals surface area contributed by atoms with Gasteiger partial charge in [0.2, 0.25) is 0 Å². The van der Waals surface area contributed by atoms with E-state index < -0.39 is 11.9 Å². The number of methoxy groups -OCH3 is 1. The number of anilines is 1. The summed E-state index contributed by atoms with van der Waals surface area (Å²) in [6.45, 7) is 4.79. The predicted molar refractivity (Wildman–Crippen MR) is 163 cm³/mol. The Hall–Kier alpha value is -4.54. The van der Waals surface area contributed by atoms with Gasteiger partial charge < -0.3 is 25.8 Å². The van der Waals surface area contributed by atoms with E-state index in [0.717, 1.165) is 28.0 Å². The van der Waals surface area contributed by atoms with Crippen LogP contribution in [-0.4, -0.2) is 42.5 Å². The number of carbonyl (C=O) groups excluding carboxylic acids is 3. The van der Waals surface area contributed by atoms with E-state index in [1.165, 1.54) is 13.2 Å². The van der Waals surface area contributed by atoms with Gasteiger partial charge in [0, 0.05) is 52.3 Å². The monoisotopic (exact) mass is 584 g/mol. The van der Waals surface area contributed by atoms with Crippen molar-refractivity contribution >= 4 is 34.8 Å². The van der Waals surface area contributed by atoms with Crippen LogP contribution in [-0.2, 0) is 17.7 Å². The summed E-state index contributed by atoms with van der Waals surface area (Å²) in [4.78, 5) is 45.0. The van der Waals surface area contributed by atoms with Crippen LogP contribution in [0.2, 0.25) is 0 Å². The molecule has 4 N–H and O–H groups in total. The molecule has 4 aromatic rings. The van der Waals surface area contributed by atoms with E-state index in [9.17, 15) is 14.4 Å². The average molecular weight is 585 g/mol. The Balaban J connectivity index is 1.68. The second-order valence-corrected chi connectivity index (χ2v) is 10.9. The van der Waals surface area contributed by atoms with Crippen LogP contribution in [0.5, 0.6) is 5.75 Å². The summed E-state index contributed by atoms with van der Waals surface area (Å²) in [5.41, 5.74) is 10.3. The molecule has 0 saturated carbocycles. The average Bonchev–Trinajstić information content (AvgIpc) is 3.41. The summed E-state index contributed by atoms with van der Waals surface area (Å²) in [5.74, 6) is -0.937. The van der Waals surface area contributed by atoms with Gasteiger partial charge in [-0.2, -0.15) is 0 Å². The lowest BCUT2D eigenvalue weighted by atomic mass is 9.93. The van der Waals surface area contributed by atoms with Crippen molar-refractivity contribution in [3.63, 3.8) is 0 Å². The molecule has 0 saturated heterocycles. The Bertz CT molecular complexity index is 1650. The summed E-state index contributed by atoms with van der Waals surface area (Å²) < 4.78 is 11.4. The molecule has 1 atom stereocenters. The van der Waals surface area contributed by atoms with Crippen LogP contribution in [0, 0.1) is 0 Å². The molecule has 0 fully saturated rings. The van der Waals surface area contributed by atoms with Crippen molar-refractivity contribution in [3.05, 3.63) is 88.1 Å². The third-order valence-electron chi connectivity index (χ3n) is 6.97. The molecule has 2 aromatic heterocycles. The SMILES string of the molecule is CCCNC(=O)c1ccc(-c2cc3c(cc2C(=O)Nc2ccc(CN)cc2)-c2sccc2C[C@@H](C)O3)c(C(=O)OC)n1. The highest BCUT2D eigenvalue weighted by molar-refractivity contribution is 7.13. The first-order valence-corrected chi connectivity index (χ1v) is 14.6. The number of esters is 1. The number of rotatable bonds is 8. The molecule has 10 heteroatoms. The van der Waals surface area contributed by atoms with Gasteiger partial charge in [-0.15, -0.1) is 11.3 Å². The molecular weight excluding hydrogens is 552 g/mol. The van der Waals surface area contributed by atoms with Gasteiger partial charge in [-0.3, -0.25) is 9.59 Å². The number of nitrogens with zero attached hydrogens (tertiary/aromatic N) is 1. The lowest BCUT2D eigenvalue weighted by Gasteiger charge is -2.19. The number of pyridine rings is 1. The van der Waals surface area contributed by atoms with Crippen molar-refractivity contribution in [2.24, 2.45) is 5.73 Å². The Labute approximate surface area is 248 Å². The zero-order chi connectivity index (χ0) is 29.8. The van der Waals surface area contributed by atoms with E-state index in [-0.39, 0.29) is 23.4 Å². The summed E-state index contributed by atoms with van der Waals surface area (Å²) in [6, 6.07) is 16.1. The van der Waals surface area contributed by atoms with Crippen LogP contribution >= 0.6 is 11.3 Å². The molecular formula is C32H32N4O5S. The summed E-state index contributed by atoms with van der Waals surface area (Å²) >= 11 is 1.58. The molecule has 0 spiro atoms. The van der Waals surface area contributed by atoms with Gasteiger partial charge in [0.05, 0.1) is 7.11 Å². The van der Waals surface area contributed by atoms with Crippen molar-refractivity contribution in [1.29, 1.82) is 0 Å². The maximum atomic E-state index is 13.9. The van der Waals surface area contributed by atoms with Crippen LogP contribution < -0.4 is 21.1 Å². The highest BCUT2D eigenvalue weighted by atomic mass is 32.1. The fourth-order valence-corrected chi connectivity index (χ4v) is 5.83. The van der Waals surface area contributed by atoms with Crippen LogP contribution in [0.4, 0.5) is 5.69 Å². The maximum Gasteiger partial charge on any atom is 0.357 e. The Morgan fingerprint density at radius 3 is 2.55 bits per heavy atom. The minimum atomic E-state index is -0.733. The third kappa shape index (κ3) is 5.90. The first-order chi connectivity index (χ1) is 20.3.